The molecule has 0 bridgehead atoms. The van der Waals surface area contributed by atoms with Gasteiger partial charge in [0.25, 0.3) is 0 Å². The number of likely N-dealkylation sites (N-methyl/N-ethyl adjacent to an activating group) is 2. The van der Waals surface area contributed by atoms with E-state index in [4.69, 9.17) is 0 Å². The number of nitrogens with zero attached hydrogens (tertiary/aromatic N) is 2. The molecule has 4 aromatic rings. The van der Waals surface area contributed by atoms with Crippen LogP contribution in [0.2, 0.25) is 0 Å². The molecule has 0 spiro atoms. The van der Waals surface area contributed by atoms with Crippen molar-refractivity contribution in [3.63, 3.8) is 0 Å². The van der Waals surface area contributed by atoms with Gasteiger partial charge in [0.2, 0.25) is 0 Å². The molecule has 0 saturated carbocycles. The van der Waals surface area contributed by atoms with Crippen LogP contribution in [0, 0.1) is 0 Å². The van der Waals surface area contributed by atoms with Crippen LogP contribution in [0.15, 0.2) is 121 Å². The molecule has 2 unspecified atom stereocenters. The summed E-state index contributed by atoms with van der Waals surface area (Å²) in [5.74, 6) is 0.301. The Morgan fingerprint density at radius 1 is 0.475 bits per heavy atom. The molecule has 0 aliphatic carbocycles. The van der Waals surface area contributed by atoms with E-state index in [1.165, 1.54) is 22.3 Å². The summed E-state index contributed by atoms with van der Waals surface area (Å²) < 4.78 is 0. The van der Waals surface area contributed by atoms with Crippen LogP contribution in [-0.2, 0) is 30.5 Å². The van der Waals surface area contributed by atoms with Crippen molar-refractivity contribution < 1.29 is 4.79 Å². The molecule has 4 rings (SSSR count). The van der Waals surface area contributed by atoms with Gasteiger partial charge in [0.15, 0.2) is 5.78 Å². The molecule has 2 atom stereocenters. The highest BCUT2D eigenvalue weighted by Gasteiger charge is 2.52. The van der Waals surface area contributed by atoms with Crippen molar-refractivity contribution in [1.82, 2.24) is 9.80 Å². The average Bonchev–Trinajstić information content (AvgIpc) is 2.99. The van der Waals surface area contributed by atoms with Crippen LogP contribution in [0.25, 0.3) is 0 Å². The molecule has 0 aromatic heterocycles. The first kappa shape index (κ1) is 29.5. The zero-order chi connectivity index (χ0) is 28.4. The summed E-state index contributed by atoms with van der Waals surface area (Å²) in [6, 6.07) is 42.2. The normalized spacial score (nSPS) is 14.6. The van der Waals surface area contributed by atoms with Crippen molar-refractivity contribution in [2.45, 2.75) is 49.6 Å². The van der Waals surface area contributed by atoms with Crippen LogP contribution >= 0.6 is 0 Å². The summed E-state index contributed by atoms with van der Waals surface area (Å²) in [5, 5.41) is 0. The Bertz CT molecular complexity index is 1200. The molecule has 3 heteroatoms. The molecule has 0 N–H and O–H groups in total. The number of hydrogen-bond donors (Lipinski definition) is 0. The van der Waals surface area contributed by atoms with E-state index in [-0.39, 0.29) is 0 Å². The Morgan fingerprint density at radius 3 is 1.02 bits per heavy atom. The maximum atomic E-state index is 15.5. The van der Waals surface area contributed by atoms with Crippen LogP contribution in [0.3, 0.4) is 0 Å². The minimum Gasteiger partial charge on any atom is -0.297 e. The summed E-state index contributed by atoms with van der Waals surface area (Å²) in [7, 11) is 8.36. The van der Waals surface area contributed by atoms with E-state index in [2.05, 4.69) is 147 Å². The fourth-order valence-corrected chi connectivity index (χ4v) is 6.03. The largest absolute Gasteiger partial charge is 0.297 e. The number of Topliss-reactive ketones (excluding diaryl/α,β-unsaturated/α-hetero) is 1. The maximum Gasteiger partial charge on any atom is 0.173 e. The number of aryl methyl sites for hydroxylation is 2. The lowest BCUT2D eigenvalue weighted by molar-refractivity contribution is -0.142. The SMILES string of the molecule is CN(C)C(CCc1ccccc1)(Cc1ccccc1)C(=O)C(CCc1ccccc1)(Cc1ccccc1)N(C)C. The van der Waals surface area contributed by atoms with Gasteiger partial charge in [-0.3, -0.25) is 14.6 Å². The van der Waals surface area contributed by atoms with Gasteiger partial charge in [-0.2, -0.15) is 0 Å². The van der Waals surface area contributed by atoms with E-state index in [1.807, 2.05) is 12.1 Å². The van der Waals surface area contributed by atoms with E-state index in [9.17, 15) is 0 Å². The molecule has 3 nitrogen and oxygen atoms in total. The number of hydrogen-bond acceptors (Lipinski definition) is 3. The van der Waals surface area contributed by atoms with Gasteiger partial charge in [-0.15, -0.1) is 0 Å². The predicted molar refractivity (Wildman–Crippen MR) is 168 cm³/mol. The topological polar surface area (TPSA) is 23.6 Å². The predicted octanol–water partition coefficient (Wildman–Crippen LogP) is 6.91. The van der Waals surface area contributed by atoms with Crippen LogP contribution in [0.5, 0.6) is 0 Å². The first-order valence-corrected chi connectivity index (χ1v) is 14.4. The monoisotopic (exact) mass is 532 g/mol. The highest BCUT2D eigenvalue weighted by molar-refractivity contribution is 5.97. The molecule has 4 aromatic carbocycles. The van der Waals surface area contributed by atoms with Crippen molar-refractivity contribution in [2.75, 3.05) is 28.2 Å². The summed E-state index contributed by atoms with van der Waals surface area (Å²) in [6.45, 7) is 0. The zero-order valence-electron chi connectivity index (χ0n) is 24.6. The summed E-state index contributed by atoms with van der Waals surface area (Å²) in [5.41, 5.74) is 3.52. The Labute approximate surface area is 241 Å². The van der Waals surface area contributed by atoms with Crippen molar-refractivity contribution in [1.29, 1.82) is 0 Å². The van der Waals surface area contributed by atoms with Crippen molar-refractivity contribution in [3.8, 4) is 0 Å². The fourth-order valence-electron chi connectivity index (χ4n) is 6.03. The van der Waals surface area contributed by atoms with E-state index >= 15 is 4.79 Å². The number of rotatable bonds is 14. The molecule has 0 saturated heterocycles. The third kappa shape index (κ3) is 6.96. The second kappa shape index (κ2) is 13.7. The number of carbonyl (C=O) groups is 1. The number of ketones is 1. The highest BCUT2D eigenvalue weighted by Crippen LogP contribution is 2.37. The van der Waals surface area contributed by atoms with Gasteiger partial charge in [-0.1, -0.05) is 121 Å². The number of carbonyl (C=O) groups excluding carboxylic acids is 1. The molecule has 0 aliphatic heterocycles. The van der Waals surface area contributed by atoms with Crippen molar-refractivity contribution >= 4 is 5.78 Å². The lowest BCUT2D eigenvalue weighted by Crippen LogP contribution is -2.66. The van der Waals surface area contributed by atoms with Gasteiger partial charge in [0.05, 0.1) is 11.1 Å². The van der Waals surface area contributed by atoms with Crippen LogP contribution in [0.4, 0.5) is 0 Å². The van der Waals surface area contributed by atoms with Crippen LogP contribution in [-0.4, -0.2) is 54.9 Å². The first-order valence-electron chi connectivity index (χ1n) is 14.4. The molecule has 0 heterocycles. The minimum atomic E-state index is -0.688. The van der Waals surface area contributed by atoms with Gasteiger partial charge in [-0.05, 0) is 89.0 Å². The Balaban J connectivity index is 1.82. The molecular weight excluding hydrogens is 488 g/mol. The average molecular weight is 533 g/mol. The van der Waals surface area contributed by atoms with Crippen molar-refractivity contribution in [3.05, 3.63) is 144 Å². The molecular formula is C37H44N2O. The minimum absolute atomic E-state index is 0.301. The van der Waals surface area contributed by atoms with Gasteiger partial charge in [0, 0.05) is 0 Å². The number of benzene rings is 4. The third-order valence-corrected chi connectivity index (χ3v) is 8.58. The molecule has 0 amide bonds. The third-order valence-electron chi connectivity index (χ3n) is 8.58. The molecule has 40 heavy (non-hydrogen) atoms. The summed E-state index contributed by atoms with van der Waals surface area (Å²) in [6.07, 6.45) is 4.50. The highest BCUT2D eigenvalue weighted by atomic mass is 16.1. The summed E-state index contributed by atoms with van der Waals surface area (Å²) in [4.78, 5) is 19.9. The van der Waals surface area contributed by atoms with E-state index < -0.39 is 11.1 Å². The maximum absolute atomic E-state index is 15.5. The second-order valence-corrected chi connectivity index (χ2v) is 11.5. The van der Waals surface area contributed by atoms with Gasteiger partial charge >= 0.3 is 0 Å². The van der Waals surface area contributed by atoms with Gasteiger partial charge in [-0.25, -0.2) is 0 Å². The van der Waals surface area contributed by atoms with Gasteiger partial charge in [0.1, 0.15) is 0 Å². The Morgan fingerprint density at radius 2 is 0.750 bits per heavy atom. The smallest absolute Gasteiger partial charge is 0.173 e. The molecule has 0 aliphatic rings. The Kier molecular flexibility index (Phi) is 10.1. The van der Waals surface area contributed by atoms with Crippen LogP contribution in [0.1, 0.15) is 35.1 Å². The summed E-state index contributed by atoms with van der Waals surface area (Å²) >= 11 is 0. The van der Waals surface area contributed by atoms with E-state index in [0.717, 1.165) is 25.7 Å². The lowest BCUT2D eigenvalue weighted by atomic mass is 9.68. The Hall–Kier alpha value is -3.53. The molecule has 0 radical (unpaired) electrons. The first-order chi connectivity index (χ1) is 19.4. The van der Waals surface area contributed by atoms with Crippen LogP contribution < -0.4 is 0 Å². The van der Waals surface area contributed by atoms with Gasteiger partial charge < -0.3 is 0 Å². The lowest BCUT2D eigenvalue weighted by Gasteiger charge is -2.49. The van der Waals surface area contributed by atoms with E-state index in [1.54, 1.807) is 0 Å². The van der Waals surface area contributed by atoms with Crippen molar-refractivity contribution in [2.24, 2.45) is 0 Å². The fraction of sp³-hybridized carbons (Fsp3) is 0.324. The van der Waals surface area contributed by atoms with E-state index in [0.29, 0.717) is 18.6 Å². The second-order valence-electron chi connectivity index (χ2n) is 11.5. The molecule has 208 valence electrons. The molecule has 0 fully saturated rings. The zero-order valence-corrected chi connectivity index (χ0v) is 24.6. The standard InChI is InChI=1S/C37H44N2O/c1-38(2)36(29-33-21-13-7-14-22-33,27-25-31-17-9-5-10-18-31)35(40)37(39(3)4,30-34-23-15-8-16-24-34)28-26-32-19-11-6-12-20-32/h5-24H,25-30H2,1-4H3. The quantitative estimate of drug-likeness (QED) is 0.176.